The van der Waals surface area contributed by atoms with Crippen LogP contribution in [0.2, 0.25) is 0 Å². The van der Waals surface area contributed by atoms with E-state index in [4.69, 9.17) is 0 Å². The molecule has 0 radical (unpaired) electrons. The molecule has 4 heteroatoms. The quantitative estimate of drug-likeness (QED) is 0.436. The molecule has 0 aliphatic heterocycles. The zero-order chi connectivity index (χ0) is 18.5. The van der Waals surface area contributed by atoms with Gasteiger partial charge in [-0.25, -0.2) is 9.97 Å². The Morgan fingerprint density at radius 1 is 0.885 bits per heavy atom. The molecule has 4 nitrogen and oxygen atoms in total. The normalized spacial score (nSPS) is 10.8. The number of rotatable bonds is 13. The smallest absolute Gasteiger partial charge is 0.163 e. The van der Waals surface area contributed by atoms with Crippen LogP contribution in [-0.4, -0.2) is 21.5 Å². The maximum absolute atomic E-state index is 4.62. The topological polar surface area (TPSA) is 50.7 Å². The Bertz CT molecular complexity index is 613. The number of pyridine rings is 1. The van der Waals surface area contributed by atoms with Gasteiger partial charge in [-0.15, -0.1) is 0 Å². The minimum Gasteiger partial charge on any atom is -0.370 e. The Balaban J connectivity index is 1.62. The predicted molar refractivity (Wildman–Crippen MR) is 110 cm³/mol. The number of nitrogens with one attached hydrogen (secondary N) is 1. The van der Waals surface area contributed by atoms with Crippen LogP contribution in [0.25, 0.3) is 11.4 Å². The highest BCUT2D eigenvalue weighted by Crippen LogP contribution is 2.17. The molecule has 0 amide bonds. The first-order chi connectivity index (χ1) is 12.8. The van der Waals surface area contributed by atoms with Gasteiger partial charge in [-0.05, 0) is 25.5 Å². The third kappa shape index (κ3) is 7.94. The number of nitrogens with zero attached hydrogens (tertiary/aromatic N) is 3. The first kappa shape index (κ1) is 20.3. The summed E-state index contributed by atoms with van der Waals surface area (Å²) in [6, 6.07) is 5.92. The second kappa shape index (κ2) is 12.4. The van der Waals surface area contributed by atoms with Crippen molar-refractivity contribution in [2.24, 2.45) is 0 Å². The van der Waals surface area contributed by atoms with Gasteiger partial charge in [0.1, 0.15) is 5.82 Å². The summed E-state index contributed by atoms with van der Waals surface area (Å²) in [5.74, 6) is 1.65. The van der Waals surface area contributed by atoms with E-state index in [1.54, 1.807) is 12.4 Å². The van der Waals surface area contributed by atoms with Gasteiger partial charge in [-0.2, -0.15) is 0 Å². The van der Waals surface area contributed by atoms with Gasteiger partial charge in [-0.1, -0.05) is 64.7 Å². The molecular weight excluding hydrogens is 320 g/mol. The van der Waals surface area contributed by atoms with Gasteiger partial charge in [-0.3, -0.25) is 4.98 Å². The van der Waals surface area contributed by atoms with Crippen molar-refractivity contribution in [1.82, 2.24) is 15.0 Å². The van der Waals surface area contributed by atoms with E-state index in [9.17, 15) is 0 Å². The van der Waals surface area contributed by atoms with Gasteiger partial charge in [0.2, 0.25) is 0 Å². The molecule has 2 rings (SSSR count). The van der Waals surface area contributed by atoms with Crippen LogP contribution in [0.3, 0.4) is 0 Å². The summed E-state index contributed by atoms with van der Waals surface area (Å²) in [5, 5.41) is 3.45. The molecule has 0 bridgehead atoms. The number of hydrogen-bond acceptors (Lipinski definition) is 4. The highest BCUT2D eigenvalue weighted by molar-refractivity contribution is 5.56. The fourth-order valence-electron chi connectivity index (χ4n) is 3.11. The second-order valence-corrected chi connectivity index (χ2v) is 7.07. The molecule has 2 aromatic heterocycles. The first-order valence-corrected chi connectivity index (χ1v) is 10.3. The van der Waals surface area contributed by atoms with Crippen LogP contribution in [0.5, 0.6) is 0 Å². The van der Waals surface area contributed by atoms with Crippen molar-refractivity contribution in [3.05, 3.63) is 36.3 Å². The molecule has 0 aliphatic carbocycles. The summed E-state index contributed by atoms with van der Waals surface area (Å²) in [4.78, 5) is 13.3. The van der Waals surface area contributed by atoms with Crippen LogP contribution in [-0.2, 0) is 0 Å². The number of aromatic nitrogens is 3. The molecule has 2 heterocycles. The predicted octanol–water partition coefficient (Wildman–Crippen LogP) is 6.18. The lowest BCUT2D eigenvalue weighted by molar-refractivity contribution is 0.560. The highest BCUT2D eigenvalue weighted by atomic mass is 15.0. The fraction of sp³-hybridized carbons (Fsp3) is 0.591. The standard InChI is InChI=1S/C22H34N4/c1-3-4-5-6-7-8-9-10-11-12-16-24-21-17-19(2)25-22(26-21)20-14-13-15-23-18-20/h13-15,17-18H,3-12,16H2,1-2H3,(H,24,25,26). The van der Waals surface area contributed by atoms with E-state index >= 15 is 0 Å². The highest BCUT2D eigenvalue weighted by Gasteiger charge is 2.04. The van der Waals surface area contributed by atoms with Crippen molar-refractivity contribution in [1.29, 1.82) is 0 Å². The van der Waals surface area contributed by atoms with Crippen molar-refractivity contribution >= 4 is 5.82 Å². The number of anilines is 1. The molecule has 0 saturated carbocycles. The van der Waals surface area contributed by atoms with E-state index in [0.717, 1.165) is 29.4 Å². The SMILES string of the molecule is CCCCCCCCCCCCNc1cc(C)nc(-c2cccnc2)n1. The maximum Gasteiger partial charge on any atom is 0.163 e. The summed E-state index contributed by atoms with van der Waals surface area (Å²) in [6.07, 6.45) is 17.2. The minimum absolute atomic E-state index is 0.740. The summed E-state index contributed by atoms with van der Waals surface area (Å²) < 4.78 is 0. The minimum atomic E-state index is 0.740. The molecule has 0 aromatic carbocycles. The van der Waals surface area contributed by atoms with Crippen LogP contribution < -0.4 is 5.32 Å². The molecule has 0 aliphatic rings. The van der Waals surface area contributed by atoms with Crippen LogP contribution in [0.15, 0.2) is 30.6 Å². The lowest BCUT2D eigenvalue weighted by Crippen LogP contribution is -2.05. The summed E-state index contributed by atoms with van der Waals surface area (Å²) in [6.45, 7) is 5.25. The van der Waals surface area contributed by atoms with Crippen molar-refractivity contribution in [3.63, 3.8) is 0 Å². The van der Waals surface area contributed by atoms with E-state index in [0.29, 0.717) is 0 Å². The third-order valence-electron chi connectivity index (χ3n) is 4.61. The van der Waals surface area contributed by atoms with Crippen LogP contribution in [0.1, 0.15) is 76.8 Å². The van der Waals surface area contributed by atoms with E-state index in [2.05, 4.69) is 27.2 Å². The Morgan fingerprint density at radius 2 is 1.58 bits per heavy atom. The third-order valence-corrected chi connectivity index (χ3v) is 4.61. The van der Waals surface area contributed by atoms with Gasteiger partial charge in [0, 0.05) is 36.3 Å². The number of aryl methyl sites for hydroxylation is 1. The molecule has 0 fully saturated rings. The molecule has 0 unspecified atom stereocenters. The Morgan fingerprint density at radius 3 is 2.23 bits per heavy atom. The zero-order valence-electron chi connectivity index (χ0n) is 16.5. The van der Waals surface area contributed by atoms with Crippen LogP contribution in [0.4, 0.5) is 5.82 Å². The van der Waals surface area contributed by atoms with Crippen LogP contribution >= 0.6 is 0 Å². The first-order valence-electron chi connectivity index (χ1n) is 10.3. The van der Waals surface area contributed by atoms with Gasteiger partial charge in [0.15, 0.2) is 5.82 Å². The molecule has 142 valence electrons. The largest absolute Gasteiger partial charge is 0.370 e. The summed E-state index contributed by atoms with van der Waals surface area (Å²) in [7, 11) is 0. The van der Waals surface area contributed by atoms with E-state index in [-0.39, 0.29) is 0 Å². The lowest BCUT2D eigenvalue weighted by atomic mass is 10.1. The number of unbranched alkanes of at least 4 members (excludes halogenated alkanes) is 9. The molecular formula is C22H34N4. The number of hydrogen-bond donors (Lipinski definition) is 1. The molecule has 0 spiro atoms. The van der Waals surface area contributed by atoms with E-state index < -0.39 is 0 Å². The Labute approximate surface area is 158 Å². The van der Waals surface area contributed by atoms with Gasteiger partial charge >= 0.3 is 0 Å². The molecule has 2 aromatic rings. The molecule has 1 N–H and O–H groups in total. The van der Waals surface area contributed by atoms with Crippen molar-refractivity contribution in [2.75, 3.05) is 11.9 Å². The maximum atomic E-state index is 4.62. The van der Waals surface area contributed by atoms with Gasteiger partial charge in [0.05, 0.1) is 0 Å². The van der Waals surface area contributed by atoms with E-state index in [1.807, 2.05) is 25.1 Å². The summed E-state index contributed by atoms with van der Waals surface area (Å²) in [5.41, 5.74) is 1.93. The average molecular weight is 355 g/mol. The summed E-state index contributed by atoms with van der Waals surface area (Å²) >= 11 is 0. The molecule has 0 saturated heterocycles. The lowest BCUT2D eigenvalue weighted by Gasteiger charge is -2.08. The van der Waals surface area contributed by atoms with Crippen molar-refractivity contribution in [2.45, 2.75) is 78.1 Å². The fourth-order valence-corrected chi connectivity index (χ4v) is 3.11. The van der Waals surface area contributed by atoms with E-state index in [1.165, 1.54) is 64.2 Å². The Kier molecular flexibility index (Phi) is 9.70. The van der Waals surface area contributed by atoms with Crippen LogP contribution in [0, 0.1) is 6.92 Å². The molecule has 0 atom stereocenters. The van der Waals surface area contributed by atoms with Gasteiger partial charge in [0.25, 0.3) is 0 Å². The second-order valence-electron chi connectivity index (χ2n) is 7.07. The molecule has 26 heavy (non-hydrogen) atoms. The Hall–Kier alpha value is -1.97. The average Bonchev–Trinajstić information content (AvgIpc) is 2.66. The van der Waals surface area contributed by atoms with Crippen molar-refractivity contribution < 1.29 is 0 Å². The van der Waals surface area contributed by atoms with Crippen molar-refractivity contribution in [3.8, 4) is 11.4 Å². The van der Waals surface area contributed by atoms with Gasteiger partial charge < -0.3 is 5.32 Å². The zero-order valence-corrected chi connectivity index (χ0v) is 16.5. The monoisotopic (exact) mass is 354 g/mol.